The zero-order valence-electron chi connectivity index (χ0n) is 17.6. The van der Waals surface area contributed by atoms with Gasteiger partial charge in [-0.1, -0.05) is 6.07 Å². The number of carbonyl (C=O) groups is 2. The van der Waals surface area contributed by atoms with Gasteiger partial charge in [-0.15, -0.1) is 21.5 Å². The van der Waals surface area contributed by atoms with Crippen molar-refractivity contribution in [3.8, 4) is 0 Å². The second kappa shape index (κ2) is 8.82. The Labute approximate surface area is 189 Å². The summed E-state index contributed by atoms with van der Waals surface area (Å²) in [6, 6.07) is 5.57. The van der Waals surface area contributed by atoms with Gasteiger partial charge in [-0.3, -0.25) is 9.59 Å². The van der Waals surface area contributed by atoms with Crippen molar-refractivity contribution in [2.24, 2.45) is 0 Å². The molecule has 1 aromatic carbocycles. The van der Waals surface area contributed by atoms with Crippen LogP contribution in [0, 0.1) is 5.82 Å². The molecule has 2 aliphatic rings. The van der Waals surface area contributed by atoms with Gasteiger partial charge in [0.05, 0.1) is 11.4 Å². The Morgan fingerprint density at radius 2 is 1.97 bits per heavy atom. The largest absolute Gasteiger partial charge is 0.345 e. The van der Waals surface area contributed by atoms with Crippen LogP contribution in [0.5, 0.6) is 0 Å². The standard InChI is InChI=1S/C23H24FN5O2S/c24-17-6-3-5-15(12-17)22(30)25-13-20-27-26-19-8-9-28(10-11-29(19)20)23(31)21-18-7-2-1-4-16(18)14-32-21/h3,5-6,12,14H,1-2,4,7-11,13H2,(H,25,30). The summed E-state index contributed by atoms with van der Waals surface area (Å²) in [4.78, 5) is 28.4. The fourth-order valence-corrected chi connectivity index (χ4v) is 5.58. The van der Waals surface area contributed by atoms with Crippen LogP contribution in [-0.2, 0) is 32.4 Å². The summed E-state index contributed by atoms with van der Waals surface area (Å²) in [5, 5.41) is 13.4. The van der Waals surface area contributed by atoms with Crippen LogP contribution in [0.1, 0.15) is 55.6 Å². The van der Waals surface area contributed by atoms with E-state index in [1.807, 2.05) is 9.47 Å². The topological polar surface area (TPSA) is 80.1 Å². The number of aromatic nitrogens is 3. The molecular formula is C23H24FN5O2S. The fraction of sp³-hybridized carbons (Fsp3) is 0.391. The van der Waals surface area contributed by atoms with Crippen molar-refractivity contribution >= 4 is 23.2 Å². The Bertz CT molecular complexity index is 1170. The molecule has 0 fully saturated rings. The molecule has 0 unspecified atom stereocenters. The monoisotopic (exact) mass is 453 g/mol. The number of carbonyl (C=O) groups excluding carboxylic acids is 2. The van der Waals surface area contributed by atoms with E-state index in [2.05, 4.69) is 20.9 Å². The van der Waals surface area contributed by atoms with Gasteiger partial charge >= 0.3 is 0 Å². The summed E-state index contributed by atoms with van der Waals surface area (Å²) in [7, 11) is 0. The molecule has 166 valence electrons. The summed E-state index contributed by atoms with van der Waals surface area (Å²) < 4.78 is 15.3. The third kappa shape index (κ3) is 4.04. The van der Waals surface area contributed by atoms with Gasteiger partial charge in [0.2, 0.25) is 0 Å². The molecule has 1 aliphatic heterocycles. The maximum Gasteiger partial charge on any atom is 0.264 e. The Morgan fingerprint density at radius 1 is 1.09 bits per heavy atom. The highest BCUT2D eigenvalue weighted by atomic mass is 32.1. The number of amides is 2. The van der Waals surface area contributed by atoms with Gasteiger partial charge in [0, 0.05) is 31.6 Å². The van der Waals surface area contributed by atoms with Crippen LogP contribution in [0.2, 0.25) is 0 Å². The van der Waals surface area contributed by atoms with Crippen molar-refractivity contribution in [2.75, 3.05) is 13.1 Å². The highest BCUT2D eigenvalue weighted by Gasteiger charge is 2.27. The lowest BCUT2D eigenvalue weighted by Crippen LogP contribution is -2.34. The predicted molar refractivity (Wildman–Crippen MR) is 118 cm³/mol. The van der Waals surface area contributed by atoms with Crippen LogP contribution in [0.4, 0.5) is 4.39 Å². The zero-order valence-corrected chi connectivity index (χ0v) is 18.5. The second-order valence-corrected chi connectivity index (χ2v) is 9.07. The van der Waals surface area contributed by atoms with Gasteiger partial charge in [-0.05, 0) is 60.4 Å². The van der Waals surface area contributed by atoms with Crippen LogP contribution in [-0.4, -0.2) is 44.6 Å². The number of benzene rings is 1. The van der Waals surface area contributed by atoms with E-state index in [1.54, 1.807) is 17.4 Å². The van der Waals surface area contributed by atoms with Crippen molar-refractivity contribution in [3.05, 3.63) is 68.7 Å². The van der Waals surface area contributed by atoms with Crippen LogP contribution >= 0.6 is 11.3 Å². The maximum atomic E-state index is 13.4. The molecule has 7 nitrogen and oxygen atoms in total. The number of nitrogens with zero attached hydrogens (tertiary/aromatic N) is 4. The highest BCUT2D eigenvalue weighted by molar-refractivity contribution is 7.12. The van der Waals surface area contributed by atoms with E-state index in [-0.39, 0.29) is 23.9 Å². The van der Waals surface area contributed by atoms with Crippen molar-refractivity contribution in [1.29, 1.82) is 0 Å². The molecule has 1 N–H and O–H groups in total. The summed E-state index contributed by atoms with van der Waals surface area (Å²) in [5.41, 5.74) is 2.85. The van der Waals surface area contributed by atoms with Gasteiger partial charge in [0.15, 0.2) is 5.82 Å². The number of hydrogen-bond acceptors (Lipinski definition) is 5. The van der Waals surface area contributed by atoms with E-state index in [0.29, 0.717) is 31.9 Å². The average molecular weight is 454 g/mol. The van der Waals surface area contributed by atoms with E-state index in [4.69, 9.17) is 0 Å². The third-order valence-electron chi connectivity index (χ3n) is 6.18. The van der Waals surface area contributed by atoms with Crippen molar-refractivity contribution in [1.82, 2.24) is 25.0 Å². The fourth-order valence-electron chi connectivity index (χ4n) is 4.45. The molecule has 2 aromatic heterocycles. The second-order valence-electron chi connectivity index (χ2n) is 8.20. The molecule has 9 heteroatoms. The maximum absolute atomic E-state index is 13.4. The molecule has 3 heterocycles. The molecule has 0 saturated carbocycles. The molecule has 0 saturated heterocycles. The van der Waals surface area contributed by atoms with E-state index in [9.17, 15) is 14.0 Å². The minimum Gasteiger partial charge on any atom is -0.345 e. The van der Waals surface area contributed by atoms with Gasteiger partial charge in [-0.25, -0.2) is 4.39 Å². The molecule has 3 aromatic rings. The number of hydrogen-bond donors (Lipinski definition) is 1. The number of aryl methyl sites for hydroxylation is 1. The predicted octanol–water partition coefficient (Wildman–Crippen LogP) is 2.99. The molecule has 5 rings (SSSR count). The van der Waals surface area contributed by atoms with Gasteiger partial charge in [0.1, 0.15) is 11.6 Å². The van der Waals surface area contributed by atoms with E-state index in [1.165, 1.54) is 35.7 Å². The first-order chi connectivity index (χ1) is 15.6. The normalized spacial score (nSPS) is 15.6. The molecule has 1 aliphatic carbocycles. The molecule has 0 atom stereocenters. The van der Waals surface area contributed by atoms with Crippen molar-refractivity contribution in [3.63, 3.8) is 0 Å². The number of fused-ring (bicyclic) bond motifs is 2. The SMILES string of the molecule is O=C(NCc1nnc2n1CCN(C(=O)c1scc3c1CCCC3)CC2)c1cccc(F)c1. The first-order valence-corrected chi connectivity index (χ1v) is 11.8. The molecule has 32 heavy (non-hydrogen) atoms. The number of thiophene rings is 1. The highest BCUT2D eigenvalue weighted by Crippen LogP contribution is 2.31. The van der Waals surface area contributed by atoms with Crippen LogP contribution in [0.25, 0.3) is 0 Å². The van der Waals surface area contributed by atoms with Crippen LogP contribution in [0.3, 0.4) is 0 Å². The number of rotatable bonds is 4. The smallest absolute Gasteiger partial charge is 0.264 e. The Morgan fingerprint density at radius 3 is 2.84 bits per heavy atom. The van der Waals surface area contributed by atoms with Gasteiger partial charge < -0.3 is 14.8 Å². The van der Waals surface area contributed by atoms with Crippen LogP contribution in [0.15, 0.2) is 29.6 Å². The van der Waals surface area contributed by atoms with E-state index in [0.717, 1.165) is 30.0 Å². The lowest BCUT2D eigenvalue weighted by atomic mass is 9.93. The average Bonchev–Trinajstić information content (AvgIpc) is 3.35. The summed E-state index contributed by atoms with van der Waals surface area (Å²) >= 11 is 1.57. The molecule has 0 radical (unpaired) electrons. The van der Waals surface area contributed by atoms with E-state index >= 15 is 0 Å². The van der Waals surface area contributed by atoms with Crippen LogP contribution < -0.4 is 5.32 Å². The Balaban J connectivity index is 1.25. The Kier molecular flexibility index (Phi) is 5.73. The number of nitrogens with one attached hydrogen (secondary N) is 1. The summed E-state index contributed by atoms with van der Waals surface area (Å²) in [6.07, 6.45) is 5.03. The third-order valence-corrected chi connectivity index (χ3v) is 7.24. The zero-order chi connectivity index (χ0) is 22.1. The molecule has 0 spiro atoms. The van der Waals surface area contributed by atoms with Gasteiger partial charge in [-0.2, -0.15) is 0 Å². The lowest BCUT2D eigenvalue weighted by Gasteiger charge is -2.21. The summed E-state index contributed by atoms with van der Waals surface area (Å²) in [6.45, 7) is 1.93. The van der Waals surface area contributed by atoms with Crippen molar-refractivity contribution < 1.29 is 14.0 Å². The number of halogens is 1. The Hall–Kier alpha value is -3.07. The first-order valence-electron chi connectivity index (χ1n) is 10.9. The first kappa shape index (κ1) is 20.8. The molecule has 0 bridgehead atoms. The summed E-state index contributed by atoms with van der Waals surface area (Å²) in [5.74, 6) is 0.731. The molecule has 2 amide bonds. The molecular weight excluding hydrogens is 429 g/mol. The van der Waals surface area contributed by atoms with Crippen molar-refractivity contribution in [2.45, 2.75) is 45.2 Å². The minimum absolute atomic E-state index is 0.109. The minimum atomic E-state index is -0.453. The quantitative estimate of drug-likeness (QED) is 0.659. The van der Waals surface area contributed by atoms with E-state index < -0.39 is 5.82 Å². The van der Waals surface area contributed by atoms with Gasteiger partial charge in [0.25, 0.3) is 11.8 Å². The lowest BCUT2D eigenvalue weighted by molar-refractivity contribution is 0.0762.